The van der Waals surface area contributed by atoms with Crippen molar-refractivity contribution in [2.45, 2.75) is 44.8 Å². The van der Waals surface area contributed by atoms with Crippen LogP contribution in [0.1, 0.15) is 37.7 Å². The minimum atomic E-state index is -4.35. The first kappa shape index (κ1) is 25.8. The Labute approximate surface area is 187 Å². The van der Waals surface area contributed by atoms with Gasteiger partial charge in [0.05, 0.1) is 0 Å². The van der Waals surface area contributed by atoms with Gasteiger partial charge < -0.3 is 20.1 Å². The zero-order valence-electron chi connectivity index (χ0n) is 17.0. The first-order valence-corrected chi connectivity index (χ1v) is 9.58. The van der Waals surface area contributed by atoms with E-state index < -0.39 is 12.8 Å². The van der Waals surface area contributed by atoms with Crippen molar-refractivity contribution in [3.05, 3.63) is 29.8 Å². The quantitative estimate of drug-likeness (QED) is 0.281. The number of aliphatic imine (C=N–C) groups is 1. The number of benzene rings is 1. The van der Waals surface area contributed by atoms with Gasteiger partial charge in [0.2, 0.25) is 0 Å². The zero-order chi connectivity index (χ0) is 20.5. The summed E-state index contributed by atoms with van der Waals surface area (Å²) in [6.45, 7) is 0.716. The van der Waals surface area contributed by atoms with Crippen LogP contribution < -0.4 is 15.4 Å². The summed E-state index contributed by atoms with van der Waals surface area (Å²) in [5, 5.41) is 6.61. The van der Waals surface area contributed by atoms with Crippen molar-refractivity contribution in [1.82, 2.24) is 10.6 Å². The zero-order valence-corrected chi connectivity index (χ0v) is 19.3. The van der Waals surface area contributed by atoms with E-state index in [-0.39, 0.29) is 35.1 Å². The Bertz CT molecular complexity index is 636. The van der Waals surface area contributed by atoms with Gasteiger partial charge in [-0.15, -0.1) is 24.0 Å². The Morgan fingerprint density at radius 1 is 1.21 bits per heavy atom. The lowest BCUT2D eigenvalue weighted by atomic mass is 9.83. The summed E-state index contributed by atoms with van der Waals surface area (Å²) in [6.07, 6.45) is 1.51. The average molecular weight is 529 g/mol. The first-order chi connectivity index (χ1) is 13.4. The number of nitrogens with one attached hydrogen (secondary N) is 2. The van der Waals surface area contributed by atoms with Crippen LogP contribution >= 0.6 is 24.0 Å². The molecule has 166 valence electrons. The molecule has 2 rings (SSSR count). The minimum Gasteiger partial charge on any atom is -0.484 e. The maximum Gasteiger partial charge on any atom is 0.422 e. The number of hydrogen-bond donors (Lipinski definition) is 2. The molecule has 5 nitrogen and oxygen atoms in total. The van der Waals surface area contributed by atoms with E-state index in [4.69, 9.17) is 9.47 Å². The van der Waals surface area contributed by atoms with Crippen molar-refractivity contribution in [2.75, 3.05) is 33.9 Å². The van der Waals surface area contributed by atoms with Gasteiger partial charge in [-0.25, -0.2) is 0 Å². The van der Waals surface area contributed by atoms with E-state index in [1.165, 1.54) is 31.7 Å². The highest BCUT2D eigenvalue weighted by molar-refractivity contribution is 14.0. The van der Waals surface area contributed by atoms with E-state index in [0.717, 1.165) is 25.1 Å². The molecule has 1 aliphatic carbocycles. The van der Waals surface area contributed by atoms with Crippen LogP contribution in [0.4, 0.5) is 13.2 Å². The lowest BCUT2D eigenvalue weighted by molar-refractivity contribution is -0.153. The molecule has 0 heterocycles. The van der Waals surface area contributed by atoms with Crippen LogP contribution in [0.3, 0.4) is 0 Å². The number of methoxy groups -OCH3 is 1. The van der Waals surface area contributed by atoms with Gasteiger partial charge in [0.1, 0.15) is 5.75 Å². The summed E-state index contributed by atoms with van der Waals surface area (Å²) in [5.41, 5.74) is 1.05. The van der Waals surface area contributed by atoms with E-state index >= 15 is 0 Å². The van der Waals surface area contributed by atoms with Crippen molar-refractivity contribution in [3.8, 4) is 5.75 Å². The molecule has 0 amide bonds. The maximum absolute atomic E-state index is 12.3. The third-order valence-corrected chi connectivity index (χ3v) is 5.12. The van der Waals surface area contributed by atoms with Crippen molar-refractivity contribution >= 4 is 29.9 Å². The number of rotatable bonds is 9. The Morgan fingerprint density at radius 2 is 1.93 bits per heavy atom. The molecule has 0 saturated heterocycles. The molecule has 0 bridgehead atoms. The van der Waals surface area contributed by atoms with Gasteiger partial charge in [0.25, 0.3) is 0 Å². The predicted molar refractivity (Wildman–Crippen MR) is 119 cm³/mol. The van der Waals surface area contributed by atoms with E-state index in [1.807, 2.05) is 6.07 Å². The van der Waals surface area contributed by atoms with Gasteiger partial charge >= 0.3 is 6.18 Å². The molecule has 0 spiro atoms. The maximum atomic E-state index is 12.3. The SMILES string of the molecule is CN=C(NCc1cccc(OCC(F)(F)F)c1)NCC1(CCOC)CCCC1.I. The number of nitrogens with zero attached hydrogens (tertiary/aromatic N) is 1. The van der Waals surface area contributed by atoms with Crippen LogP contribution in [-0.4, -0.2) is 46.1 Å². The molecule has 2 N–H and O–H groups in total. The van der Waals surface area contributed by atoms with Crippen LogP contribution in [0.5, 0.6) is 5.75 Å². The van der Waals surface area contributed by atoms with E-state index in [9.17, 15) is 13.2 Å². The first-order valence-electron chi connectivity index (χ1n) is 9.58. The fourth-order valence-corrected chi connectivity index (χ4v) is 3.55. The van der Waals surface area contributed by atoms with Crippen LogP contribution in [0, 0.1) is 5.41 Å². The normalized spacial score (nSPS) is 16.2. The number of halogens is 4. The number of hydrogen-bond acceptors (Lipinski definition) is 3. The van der Waals surface area contributed by atoms with E-state index in [0.29, 0.717) is 12.5 Å². The fraction of sp³-hybridized carbons (Fsp3) is 0.650. The molecule has 29 heavy (non-hydrogen) atoms. The average Bonchev–Trinajstić information content (AvgIpc) is 3.14. The Balaban J connectivity index is 0.00000420. The van der Waals surface area contributed by atoms with E-state index in [1.54, 1.807) is 26.3 Å². The third-order valence-electron chi connectivity index (χ3n) is 5.12. The lowest BCUT2D eigenvalue weighted by Crippen LogP contribution is -2.43. The monoisotopic (exact) mass is 529 g/mol. The van der Waals surface area contributed by atoms with Crippen molar-refractivity contribution < 1.29 is 22.6 Å². The number of guanidine groups is 1. The molecule has 0 aromatic heterocycles. The highest BCUT2D eigenvalue weighted by Gasteiger charge is 2.33. The molecular formula is C20H31F3IN3O2. The summed E-state index contributed by atoms with van der Waals surface area (Å²) >= 11 is 0. The van der Waals surface area contributed by atoms with Crippen LogP contribution in [0.15, 0.2) is 29.3 Å². The van der Waals surface area contributed by atoms with Crippen LogP contribution in [0.2, 0.25) is 0 Å². The molecule has 0 aliphatic heterocycles. The Hall–Kier alpha value is -1.23. The lowest BCUT2D eigenvalue weighted by Gasteiger charge is -2.30. The number of ether oxygens (including phenoxy) is 2. The van der Waals surface area contributed by atoms with Crippen LogP contribution in [0.25, 0.3) is 0 Å². The van der Waals surface area contributed by atoms with Crippen LogP contribution in [-0.2, 0) is 11.3 Å². The van der Waals surface area contributed by atoms with Crippen molar-refractivity contribution in [2.24, 2.45) is 10.4 Å². The second-order valence-electron chi connectivity index (χ2n) is 7.28. The van der Waals surface area contributed by atoms with Gasteiger partial charge in [0, 0.05) is 33.9 Å². The molecule has 0 unspecified atom stereocenters. The summed E-state index contributed by atoms with van der Waals surface area (Å²) in [7, 11) is 3.43. The topological polar surface area (TPSA) is 54.9 Å². The molecule has 1 aliphatic rings. The molecule has 0 radical (unpaired) electrons. The fourth-order valence-electron chi connectivity index (χ4n) is 3.55. The molecule has 1 saturated carbocycles. The number of alkyl halides is 3. The summed E-state index contributed by atoms with van der Waals surface area (Å²) in [5.74, 6) is 0.870. The van der Waals surface area contributed by atoms with Gasteiger partial charge in [-0.1, -0.05) is 25.0 Å². The molecule has 9 heteroatoms. The molecule has 0 atom stereocenters. The Kier molecular flexibility index (Phi) is 11.1. The van der Waals surface area contributed by atoms with Crippen molar-refractivity contribution in [3.63, 3.8) is 0 Å². The predicted octanol–water partition coefficient (Wildman–Crippen LogP) is 4.51. The standard InChI is InChI=1S/C20H30F3N3O2.HI/c1-24-18(26-14-19(10-11-27-2)8-3-4-9-19)25-13-16-6-5-7-17(12-16)28-15-20(21,22)23;/h5-7,12H,3-4,8-11,13-15H2,1-2H3,(H2,24,25,26);1H. The van der Waals surface area contributed by atoms with Gasteiger partial charge in [-0.2, -0.15) is 13.2 Å². The largest absolute Gasteiger partial charge is 0.484 e. The Morgan fingerprint density at radius 3 is 2.55 bits per heavy atom. The van der Waals surface area contributed by atoms with Gasteiger partial charge in [-0.05, 0) is 42.4 Å². The second-order valence-corrected chi connectivity index (χ2v) is 7.28. The highest BCUT2D eigenvalue weighted by atomic mass is 127. The van der Waals surface area contributed by atoms with Gasteiger partial charge in [-0.3, -0.25) is 4.99 Å². The smallest absolute Gasteiger partial charge is 0.422 e. The van der Waals surface area contributed by atoms with Crippen molar-refractivity contribution in [1.29, 1.82) is 0 Å². The minimum absolute atomic E-state index is 0. The molecule has 1 aromatic carbocycles. The third kappa shape index (κ3) is 9.41. The summed E-state index contributed by atoms with van der Waals surface area (Å²) in [4.78, 5) is 4.25. The molecule has 1 aromatic rings. The molecular weight excluding hydrogens is 498 g/mol. The summed E-state index contributed by atoms with van der Waals surface area (Å²) in [6, 6.07) is 6.62. The van der Waals surface area contributed by atoms with E-state index in [2.05, 4.69) is 15.6 Å². The highest BCUT2D eigenvalue weighted by Crippen LogP contribution is 2.40. The second kappa shape index (κ2) is 12.5. The summed E-state index contributed by atoms with van der Waals surface area (Å²) < 4.78 is 46.9. The van der Waals surface area contributed by atoms with Gasteiger partial charge in [0.15, 0.2) is 12.6 Å². The molecule has 1 fully saturated rings.